The molecular formula is C24H33N3O5S. The Kier molecular flexibility index (Phi) is 9.11. The van der Waals surface area contributed by atoms with E-state index in [1.165, 1.54) is 11.3 Å². The number of ether oxygens (including phenoxy) is 3. The van der Waals surface area contributed by atoms with Crippen molar-refractivity contribution in [2.45, 2.75) is 20.3 Å². The van der Waals surface area contributed by atoms with E-state index >= 15 is 0 Å². The average molecular weight is 476 g/mol. The Morgan fingerprint density at radius 1 is 1.03 bits per heavy atom. The Hall–Kier alpha value is -2.62. The summed E-state index contributed by atoms with van der Waals surface area (Å²) < 4.78 is 16.0. The highest BCUT2D eigenvalue weighted by atomic mass is 32.1. The van der Waals surface area contributed by atoms with Gasteiger partial charge in [0.25, 0.3) is 0 Å². The molecule has 0 spiro atoms. The zero-order valence-electron chi connectivity index (χ0n) is 19.8. The molecule has 1 saturated heterocycles. The first kappa shape index (κ1) is 25.0. The first-order chi connectivity index (χ1) is 16.0. The number of nitrogens with zero attached hydrogens (tertiary/aromatic N) is 2. The fraction of sp³-hybridized carbons (Fsp3) is 0.500. The fourth-order valence-corrected chi connectivity index (χ4v) is 4.82. The molecule has 1 fully saturated rings. The van der Waals surface area contributed by atoms with Crippen LogP contribution in [0.3, 0.4) is 0 Å². The number of hydrogen-bond donors (Lipinski definition) is 1. The second-order valence-corrected chi connectivity index (χ2v) is 8.60. The maximum atomic E-state index is 12.8. The monoisotopic (exact) mass is 475 g/mol. The summed E-state index contributed by atoms with van der Waals surface area (Å²) >= 11 is 1.32. The predicted octanol–water partition coefficient (Wildman–Crippen LogP) is 3.58. The van der Waals surface area contributed by atoms with Gasteiger partial charge in [0, 0.05) is 50.1 Å². The highest BCUT2D eigenvalue weighted by molar-refractivity contribution is 7.15. The summed E-state index contributed by atoms with van der Waals surface area (Å²) in [4.78, 5) is 30.2. The standard InChI is InChI=1S/C24H33N3O5S/c1-5-26-11-13-27(14-12-26)10-9-21(28)25-23-22(24(29)32-6-2)18(16-33-23)17-7-8-19(30-3)20(15-17)31-4/h7-8,15-16H,5-6,9-14H2,1-4H3,(H,25,28). The Labute approximate surface area is 199 Å². The highest BCUT2D eigenvalue weighted by Gasteiger charge is 2.24. The molecule has 1 amide bonds. The lowest BCUT2D eigenvalue weighted by molar-refractivity contribution is -0.116. The minimum absolute atomic E-state index is 0.112. The molecule has 33 heavy (non-hydrogen) atoms. The predicted molar refractivity (Wildman–Crippen MR) is 131 cm³/mol. The van der Waals surface area contributed by atoms with Crippen molar-refractivity contribution in [3.8, 4) is 22.6 Å². The molecule has 9 heteroatoms. The molecule has 8 nitrogen and oxygen atoms in total. The van der Waals surface area contributed by atoms with E-state index in [9.17, 15) is 9.59 Å². The molecule has 1 aromatic carbocycles. The van der Waals surface area contributed by atoms with Crippen LogP contribution in [0, 0.1) is 0 Å². The maximum Gasteiger partial charge on any atom is 0.341 e. The highest BCUT2D eigenvalue weighted by Crippen LogP contribution is 2.39. The second-order valence-electron chi connectivity index (χ2n) is 7.72. The summed E-state index contributed by atoms with van der Waals surface area (Å²) in [6.45, 7) is 9.94. The molecule has 2 aromatic rings. The van der Waals surface area contributed by atoms with Gasteiger partial charge in [-0.2, -0.15) is 0 Å². The van der Waals surface area contributed by atoms with Crippen LogP contribution in [0.25, 0.3) is 11.1 Å². The quantitative estimate of drug-likeness (QED) is 0.526. The van der Waals surface area contributed by atoms with Crippen LogP contribution < -0.4 is 14.8 Å². The number of carbonyl (C=O) groups excluding carboxylic acids is 2. The number of rotatable bonds is 10. The summed E-state index contributed by atoms with van der Waals surface area (Å²) in [6, 6.07) is 5.45. The lowest BCUT2D eigenvalue weighted by Crippen LogP contribution is -2.46. The molecular weight excluding hydrogens is 442 g/mol. The number of anilines is 1. The summed E-state index contributed by atoms with van der Waals surface area (Å²) in [5.41, 5.74) is 1.82. The normalized spacial score (nSPS) is 14.7. The second kappa shape index (κ2) is 12.0. The Morgan fingerprint density at radius 2 is 1.73 bits per heavy atom. The van der Waals surface area contributed by atoms with Crippen LogP contribution in [0.5, 0.6) is 11.5 Å². The number of nitrogens with one attached hydrogen (secondary N) is 1. The molecule has 0 radical (unpaired) electrons. The first-order valence-corrected chi connectivity index (χ1v) is 12.1. The van der Waals surface area contributed by atoms with Crippen molar-refractivity contribution in [1.29, 1.82) is 0 Å². The van der Waals surface area contributed by atoms with Crippen LogP contribution in [0.4, 0.5) is 5.00 Å². The van der Waals surface area contributed by atoms with E-state index in [-0.39, 0.29) is 12.5 Å². The number of piperazine rings is 1. The lowest BCUT2D eigenvalue weighted by Gasteiger charge is -2.33. The molecule has 1 aromatic heterocycles. The van der Waals surface area contributed by atoms with E-state index in [1.54, 1.807) is 27.2 Å². The van der Waals surface area contributed by atoms with Gasteiger partial charge in [0.05, 0.1) is 20.8 Å². The molecule has 0 unspecified atom stereocenters. The third kappa shape index (κ3) is 6.25. The van der Waals surface area contributed by atoms with E-state index in [2.05, 4.69) is 22.0 Å². The third-order valence-electron chi connectivity index (χ3n) is 5.79. The van der Waals surface area contributed by atoms with Crippen molar-refractivity contribution in [2.24, 2.45) is 0 Å². The smallest absolute Gasteiger partial charge is 0.341 e. The molecule has 0 atom stereocenters. The van der Waals surface area contributed by atoms with Gasteiger partial charge in [-0.05, 0) is 31.2 Å². The average Bonchev–Trinajstić information content (AvgIpc) is 3.26. The van der Waals surface area contributed by atoms with Crippen LogP contribution in [0.15, 0.2) is 23.6 Å². The van der Waals surface area contributed by atoms with Crippen molar-refractivity contribution in [3.63, 3.8) is 0 Å². The van der Waals surface area contributed by atoms with Gasteiger partial charge in [0.15, 0.2) is 11.5 Å². The number of carbonyl (C=O) groups is 2. The Morgan fingerprint density at radius 3 is 2.36 bits per heavy atom. The largest absolute Gasteiger partial charge is 0.493 e. The third-order valence-corrected chi connectivity index (χ3v) is 6.68. The molecule has 1 N–H and O–H groups in total. The Balaban J connectivity index is 1.75. The zero-order chi connectivity index (χ0) is 23.8. The number of esters is 1. The van der Waals surface area contributed by atoms with E-state index < -0.39 is 5.97 Å². The van der Waals surface area contributed by atoms with Gasteiger partial charge < -0.3 is 29.3 Å². The fourth-order valence-electron chi connectivity index (χ4n) is 3.85. The zero-order valence-corrected chi connectivity index (χ0v) is 20.6. The molecule has 2 heterocycles. The minimum Gasteiger partial charge on any atom is -0.493 e. The van der Waals surface area contributed by atoms with E-state index in [0.29, 0.717) is 40.6 Å². The molecule has 1 aliphatic rings. The first-order valence-electron chi connectivity index (χ1n) is 11.3. The van der Waals surface area contributed by atoms with Crippen molar-refractivity contribution < 1.29 is 23.8 Å². The number of benzene rings is 1. The number of methoxy groups -OCH3 is 2. The van der Waals surface area contributed by atoms with Gasteiger partial charge >= 0.3 is 5.97 Å². The molecule has 0 aliphatic carbocycles. The maximum absolute atomic E-state index is 12.8. The van der Waals surface area contributed by atoms with E-state index in [0.717, 1.165) is 38.3 Å². The van der Waals surface area contributed by atoms with Crippen LogP contribution >= 0.6 is 11.3 Å². The summed E-state index contributed by atoms with van der Waals surface area (Å²) in [6.07, 6.45) is 0.373. The van der Waals surface area contributed by atoms with E-state index in [1.807, 2.05) is 17.5 Å². The molecule has 0 saturated carbocycles. The Bertz CT molecular complexity index is 954. The van der Waals surface area contributed by atoms with Crippen LogP contribution in [0.1, 0.15) is 30.6 Å². The van der Waals surface area contributed by atoms with Crippen LogP contribution in [-0.4, -0.2) is 81.8 Å². The van der Waals surface area contributed by atoms with Crippen molar-refractivity contribution in [1.82, 2.24) is 9.80 Å². The van der Waals surface area contributed by atoms with Crippen LogP contribution in [0.2, 0.25) is 0 Å². The summed E-state index contributed by atoms with van der Waals surface area (Å²) in [7, 11) is 3.14. The van der Waals surface area contributed by atoms with Gasteiger partial charge in [-0.1, -0.05) is 13.0 Å². The van der Waals surface area contributed by atoms with Crippen LogP contribution in [-0.2, 0) is 9.53 Å². The van der Waals surface area contributed by atoms with Crippen molar-refractivity contribution in [3.05, 3.63) is 29.1 Å². The molecule has 0 bridgehead atoms. The van der Waals surface area contributed by atoms with Crippen molar-refractivity contribution >= 4 is 28.2 Å². The molecule has 180 valence electrons. The van der Waals surface area contributed by atoms with Gasteiger partial charge in [-0.3, -0.25) is 4.79 Å². The number of amides is 1. The number of hydrogen-bond acceptors (Lipinski definition) is 8. The number of thiophene rings is 1. The lowest BCUT2D eigenvalue weighted by atomic mass is 10.0. The van der Waals surface area contributed by atoms with Crippen molar-refractivity contribution in [2.75, 3.05) is 65.4 Å². The van der Waals surface area contributed by atoms with Gasteiger partial charge in [-0.25, -0.2) is 4.79 Å². The summed E-state index contributed by atoms with van der Waals surface area (Å²) in [5, 5.41) is 5.29. The summed E-state index contributed by atoms with van der Waals surface area (Å²) in [5.74, 6) is 0.584. The molecule has 3 rings (SSSR count). The van der Waals surface area contributed by atoms with Gasteiger partial charge in [0.2, 0.25) is 5.91 Å². The van der Waals surface area contributed by atoms with Gasteiger partial charge in [0.1, 0.15) is 10.6 Å². The van der Waals surface area contributed by atoms with Gasteiger partial charge in [-0.15, -0.1) is 11.3 Å². The van der Waals surface area contributed by atoms with E-state index in [4.69, 9.17) is 14.2 Å². The SMILES string of the molecule is CCOC(=O)c1c(-c2ccc(OC)c(OC)c2)csc1NC(=O)CCN1CCN(CC)CC1. The number of likely N-dealkylation sites (N-methyl/N-ethyl adjacent to an activating group) is 1. The molecule has 1 aliphatic heterocycles. The topological polar surface area (TPSA) is 80.3 Å². The minimum atomic E-state index is -0.463.